The van der Waals surface area contributed by atoms with Crippen molar-refractivity contribution in [2.45, 2.75) is 38.2 Å². The number of morpholine rings is 1. The second-order valence-electron chi connectivity index (χ2n) is 6.60. The van der Waals surface area contributed by atoms with Crippen molar-refractivity contribution < 1.29 is 9.53 Å². The van der Waals surface area contributed by atoms with Gasteiger partial charge in [-0.05, 0) is 32.1 Å². The fourth-order valence-electron chi connectivity index (χ4n) is 3.34. The third-order valence-electron chi connectivity index (χ3n) is 4.71. The van der Waals surface area contributed by atoms with Gasteiger partial charge in [0.05, 0.1) is 13.2 Å². The first-order valence-electron chi connectivity index (χ1n) is 8.85. The van der Waals surface area contributed by atoms with Crippen molar-refractivity contribution >= 4 is 5.91 Å². The van der Waals surface area contributed by atoms with E-state index in [-0.39, 0.29) is 12.0 Å². The molecule has 24 heavy (non-hydrogen) atoms. The van der Waals surface area contributed by atoms with E-state index < -0.39 is 0 Å². The van der Waals surface area contributed by atoms with Crippen LogP contribution in [0.4, 0.5) is 0 Å². The maximum Gasteiger partial charge on any atom is 0.234 e. The Morgan fingerprint density at radius 2 is 2.38 bits per heavy atom. The van der Waals surface area contributed by atoms with Gasteiger partial charge in [0.2, 0.25) is 5.91 Å². The summed E-state index contributed by atoms with van der Waals surface area (Å²) < 4.78 is 7.64. The van der Waals surface area contributed by atoms with E-state index in [2.05, 4.69) is 26.5 Å². The SMILES string of the molecule is Cn1cnnc1[C@@H]1CN(CC(=O)NCCC2=CCCCC2)CCO1. The van der Waals surface area contributed by atoms with Gasteiger partial charge in [-0.25, -0.2) is 0 Å². The van der Waals surface area contributed by atoms with Crippen molar-refractivity contribution in [3.05, 3.63) is 23.8 Å². The van der Waals surface area contributed by atoms with E-state index in [9.17, 15) is 4.79 Å². The lowest BCUT2D eigenvalue weighted by molar-refractivity contribution is -0.124. The average Bonchev–Trinajstić information content (AvgIpc) is 3.02. The quantitative estimate of drug-likeness (QED) is 0.792. The summed E-state index contributed by atoms with van der Waals surface area (Å²) in [6, 6.07) is 0. The van der Waals surface area contributed by atoms with E-state index in [1.807, 2.05) is 11.6 Å². The number of nitrogens with one attached hydrogen (secondary N) is 1. The summed E-state index contributed by atoms with van der Waals surface area (Å²) in [6.07, 6.45) is 9.85. The van der Waals surface area contributed by atoms with Gasteiger partial charge in [-0.15, -0.1) is 10.2 Å². The molecule has 1 saturated heterocycles. The van der Waals surface area contributed by atoms with Crippen LogP contribution >= 0.6 is 0 Å². The van der Waals surface area contributed by atoms with Crippen LogP contribution in [0, 0.1) is 0 Å². The minimum atomic E-state index is -0.119. The van der Waals surface area contributed by atoms with Crippen LogP contribution in [-0.2, 0) is 16.6 Å². The molecule has 7 heteroatoms. The average molecular weight is 333 g/mol. The summed E-state index contributed by atoms with van der Waals surface area (Å²) in [7, 11) is 1.91. The number of hydrogen-bond acceptors (Lipinski definition) is 5. The lowest BCUT2D eigenvalue weighted by Gasteiger charge is -2.31. The molecular formula is C17H27N5O2. The second kappa shape index (κ2) is 8.39. The number of ether oxygens (including phenoxy) is 1. The molecule has 132 valence electrons. The predicted molar refractivity (Wildman–Crippen MR) is 90.3 cm³/mol. The molecule has 0 saturated carbocycles. The van der Waals surface area contributed by atoms with E-state index in [0.717, 1.165) is 25.3 Å². The molecule has 0 bridgehead atoms. The molecule has 2 aliphatic rings. The van der Waals surface area contributed by atoms with Gasteiger partial charge in [-0.3, -0.25) is 9.69 Å². The van der Waals surface area contributed by atoms with Crippen LogP contribution in [0.5, 0.6) is 0 Å². The second-order valence-corrected chi connectivity index (χ2v) is 6.60. The lowest BCUT2D eigenvalue weighted by atomic mass is 9.97. The Morgan fingerprint density at radius 3 is 3.12 bits per heavy atom. The first kappa shape index (κ1) is 17.1. The molecular weight excluding hydrogens is 306 g/mol. The Labute approximate surface area is 143 Å². The van der Waals surface area contributed by atoms with E-state index in [1.54, 1.807) is 6.33 Å². The summed E-state index contributed by atoms with van der Waals surface area (Å²) >= 11 is 0. The predicted octanol–water partition coefficient (Wildman–Crippen LogP) is 1.20. The van der Waals surface area contributed by atoms with Crippen LogP contribution in [0.1, 0.15) is 44.0 Å². The topological polar surface area (TPSA) is 72.3 Å². The fraction of sp³-hybridized carbons (Fsp3) is 0.706. The Morgan fingerprint density at radius 1 is 1.46 bits per heavy atom. The molecule has 0 aromatic carbocycles. The van der Waals surface area contributed by atoms with Gasteiger partial charge in [0.15, 0.2) is 5.82 Å². The standard InChI is InChI=1S/C17H27N5O2/c1-21-13-19-20-17(21)15-11-22(9-10-24-15)12-16(23)18-8-7-14-5-3-2-4-6-14/h5,13,15H,2-4,6-12H2,1H3,(H,18,23)/t15-/m0/s1. The molecule has 0 unspecified atom stereocenters. The molecule has 0 spiro atoms. The maximum atomic E-state index is 12.2. The normalized spacial score (nSPS) is 22.2. The zero-order chi connectivity index (χ0) is 16.8. The van der Waals surface area contributed by atoms with Crippen molar-refractivity contribution in [3.8, 4) is 0 Å². The van der Waals surface area contributed by atoms with Crippen molar-refractivity contribution in [2.75, 3.05) is 32.8 Å². The van der Waals surface area contributed by atoms with Crippen molar-refractivity contribution in [2.24, 2.45) is 7.05 Å². The van der Waals surface area contributed by atoms with Crippen LogP contribution in [0.2, 0.25) is 0 Å². The van der Waals surface area contributed by atoms with E-state index in [0.29, 0.717) is 19.7 Å². The van der Waals surface area contributed by atoms with Gasteiger partial charge in [0.1, 0.15) is 12.4 Å². The highest BCUT2D eigenvalue weighted by molar-refractivity contribution is 5.78. The van der Waals surface area contributed by atoms with Gasteiger partial charge in [0.25, 0.3) is 0 Å². The summed E-state index contributed by atoms with van der Waals surface area (Å²) in [6.45, 7) is 3.20. The van der Waals surface area contributed by atoms with E-state index >= 15 is 0 Å². The number of hydrogen-bond donors (Lipinski definition) is 1. The summed E-state index contributed by atoms with van der Waals surface area (Å²) in [5.41, 5.74) is 1.50. The van der Waals surface area contributed by atoms with E-state index in [4.69, 9.17) is 4.74 Å². The molecule has 3 rings (SSSR count). The highest BCUT2D eigenvalue weighted by Gasteiger charge is 2.26. The van der Waals surface area contributed by atoms with Crippen LogP contribution in [-0.4, -0.2) is 58.4 Å². The smallest absolute Gasteiger partial charge is 0.234 e. The monoisotopic (exact) mass is 333 g/mol. The van der Waals surface area contributed by atoms with Gasteiger partial charge in [-0.2, -0.15) is 0 Å². The largest absolute Gasteiger partial charge is 0.368 e. The Balaban J connectivity index is 1.41. The van der Waals surface area contributed by atoms with Gasteiger partial charge < -0.3 is 14.6 Å². The van der Waals surface area contributed by atoms with E-state index in [1.165, 1.54) is 31.3 Å². The lowest BCUT2D eigenvalue weighted by Crippen LogP contribution is -2.44. The number of aryl methyl sites for hydroxylation is 1. The molecule has 7 nitrogen and oxygen atoms in total. The molecule has 1 atom stereocenters. The molecule has 0 radical (unpaired) electrons. The van der Waals surface area contributed by atoms with Crippen molar-refractivity contribution in [1.82, 2.24) is 25.0 Å². The molecule has 1 aromatic rings. The Hall–Kier alpha value is -1.73. The summed E-state index contributed by atoms with van der Waals surface area (Å²) in [4.78, 5) is 14.3. The molecule has 1 amide bonds. The van der Waals surface area contributed by atoms with Crippen LogP contribution < -0.4 is 5.32 Å². The molecule has 1 N–H and O–H groups in total. The Kier molecular flexibility index (Phi) is 5.98. The van der Waals surface area contributed by atoms with Crippen molar-refractivity contribution in [1.29, 1.82) is 0 Å². The van der Waals surface area contributed by atoms with Crippen LogP contribution in [0.15, 0.2) is 18.0 Å². The third kappa shape index (κ3) is 4.64. The summed E-state index contributed by atoms with van der Waals surface area (Å²) in [5, 5.41) is 11.0. The molecule has 1 aliphatic heterocycles. The van der Waals surface area contributed by atoms with Crippen molar-refractivity contribution in [3.63, 3.8) is 0 Å². The zero-order valence-corrected chi connectivity index (χ0v) is 14.4. The maximum absolute atomic E-state index is 12.2. The van der Waals surface area contributed by atoms with Gasteiger partial charge in [0, 0.05) is 26.7 Å². The molecule has 1 aliphatic carbocycles. The number of carbonyl (C=O) groups is 1. The van der Waals surface area contributed by atoms with Crippen LogP contribution in [0.3, 0.4) is 0 Å². The molecule has 1 fully saturated rings. The number of allylic oxidation sites excluding steroid dienone is 1. The fourth-order valence-corrected chi connectivity index (χ4v) is 3.34. The van der Waals surface area contributed by atoms with Gasteiger partial charge >= 0.3 is 0 Å². The minimum absolute atomic E-state index is 0.0880. The number of amides is 1. The van der Waals surface area contributed by atoms with Gasteiger partial charge in [-0.1, -0.05) is 11.6 Å². The summed E-state index contributed by atoms with van der Waals surface area (Å²) in [5.74, 6) is 0.898. The number of nitrogens with zero attached hydrogens (tertiary/aromatic N) is 4. The Bertz CT molecular complexity index is 583. The number of carbonyl (C=O) groups excluding carboxylic acids is 1. The van der Waals surface area contributed by atoms with Crippen LogP contribution in [0.25, 0.3) is 0 Å². The first-order chi connectivity index (χ1) is 11.7. The molecule has 2 heterocycles. The number of aromatic nitrogens is 3. The zero-order valence-electron chi connectivity index (χ0n) is 14.4. The minimum Gasteiger partial charge on any atom is -0.368 e. The number of rotatable bonds is 6. The highest BCUT2D eigenvalue weighted by atomic mass is 16.5. The first-order valence-corrected chi connectivity index (χ1v) is 8.85. The molecule has 1 aromatic heterocycles. The third-order valence-corrected chi connectivity index (χ3v) is 4.71. The highest BCUT2D eigenvalue weighted by Crippen LogP contribution is 2.20.